The Morgan fingerprint density at radius 2 is 2.30 bits per heavy atom. The summed E-state index contributed by atoms with van der Waals surface area (Å²) in [6.07, 6.45) is 6.12. The number of fused-ring (bicyclic) bond motifs is 1. The lowest BCUT2D eigenvalue weighted by Crippen LogP contribution is -2.33. The van der Waals surface area contributed by atoms with Crippen molar-refractivity contribution in [3.05, 3.63) is 40.3 Å². The van der Waals surface area contributed by atoms with Crippen LogP contribution < -0.4 is 15.4 Å². The lowest BCUT2D eigenvalue weighted by atomic mass is 10.1. The minimum atomic E-state index is -0.172. The summed E-state index contributed by atoms with van der Waals surface area (Å²) in [7, 11) is 0. The normalized spacial score (nSPS) is 17.7. The molecule has 0 bridgehead atoms. The number of urea groups is 1. The number of ether oxygens (including phenoxy) is 1. The third kappa shape index (κ3) is 3.32. The van der Waals surface area contributed by atoms with E-state index in [9.17, 15) is 4.79 Å². The third-order valence-electron chi connectivity index (χ3n) is 4.26. The Hall–Kier alpha value is -2.08. The van der Waals surface area contributed by atoms with E-state index in [1.165, 1.54) is 0 Å². The molecule has 1 aliphatic heterocycles. The van der Waals surface area contributed by atoms with Gasteiger partial charge in [0.15, 0.2) is 0 Å². The molecule has 2 heterocycles. The van der Waals surface area contributed by atoms with Crippen molar-refractivity contribution < 1.29 is 9.53 Å². The Bertz CT molecular complexity index is 698. The minimum Gasteiger partial charge on any atom is -0.493 e. The molecule has 2 aromatic rings. The summed E-state index contributed by atoms with van der Waals surface area (Å²) in [6.45, 7) is 0.775. The van der Waals surface area contributed by atoms with Crippen LogP contribution in [0.3, 0.4) is 0 Å². The number of hydrogen-bond donors (Lipinski definition) is 2. The van der Waals surface area contributed by atoms with E-state index in [-0.39, 0.29) is 12.1 Å². The molecule has 23 heavy (non-hydrogen) atoms. The van der Waals surface area contributed by atoms with E-state index in [1.807, 2.05) is 23.6 Å². The Balaban J connectivity index is 1.43. The molecule has 6 heteroatoms. The first-order valence-corrected chi connectivity index (χ1v) is 8.90. The summed E-state index contributed by atoms with van der Waals surface area (Å²) >= 11 is 1.60. The molecule has 2 N–H and O–H groups in total. The quantitative estimate of drug-likeness (QED) is 0.898. The molecule has 1 saturated carbocycles. The molecule has 0 radical (unpaired) electrons. The van der Waals surface area contributed by atoms with E-state index in [4.69, 9.17) is 4.74 Å². The maximum absolute atomic E-state index is 12.3. The maximum Gasteiger partial charge on any atom is 0.319 e. The van der Waals surface area contributed by atoms with Crippen molar-refractivity contribution in [2.24, 2.45) is 5.92 Å². The maximum atomic E-state index is 12.3. The smallest absolute Gasteiger partial charge is 0.319 e. The van der Waals surface area contributed by atoms with Crippen molar-refractivity contribution in [3.8, 4) is 5.75 Å². The molecule has 0 spiro atoms. The number of carbonyl (C=O) groups is 1. The topological polar surface area (TPSA) is 63.2 Å². The van der Waals surface area contributed by atoms with Crippen molar-refractivity contribution in [1.29, 1.82) is 0 Å². The van der Waals surface area contributed by atoms with Gasteiger partial charge in [-0.1, -0.05) is 0 Å². The van der Waals surface area contributed by atoms with Gasteiger partial charge in [-0.25, -0.2) is 9.78 Å². The number of nitrogens with one attached hydrogen (secondary N) is 2. The van der Waals surface area contributed by atoms with Gasteiger partial charge in [0.2, 0.25) is 0 Å². The Morgan fingerprint density at radius 3 is 3.09 bits per heavy atom. The number of nitrogens with zero attached hydrogens (tertiary/aromatic N) is 1. The van der Waals surface area contributed by atoms with E-state index >= 15 is 0 Å². The van der Waals surface area contributed by atoms with Gasteiger partial charge in [-0.2, -0.15) is 0 Å². The van der Waals surface area contributed by atoms with Gasteiger partial charge in [-0.15, -0.1) is 11.3 Å². The number of carbonyl (C=O) groups excluding carboxylic acids is 1. The second kappa shape index (κ2) is 6.20. The van der Waals surface area contributed by atoms with Crippen LogP contribution in [-0.4, -0.2) is 17.6 Å². The monoisotopic (exact) mass is 329 g/mol. The summed E-state index contributed by atoms with van der Waals surface area (Å²) in [4.78, 5) is 16.7. The zero-order chi connectivity index (χ0) is 15.6. The number of amides is 2. The number of hydrogen-bond acceptors (Lipinski definition) is 4. The van der Waals surface area contributed by atoms with Crippen LogP contribution in [0, 0.1) is 5.92 Å². The van der Waals surface area contributed by atoms with Crippen molar-refractivity contribution >= 4 is 23.1 Å². The fourth-order valence-electron chi connectivity index (χ4n) is 2.95. The standard InChI is InChI=1S/C17H19N3O2S/c21-17(20-15(11-3-4-11)16-18-7-9-23-16)19-13-5-6-14-12(10-13)2-1-8-22-14/h5-7,9-11,15H,1-4,8H2,(H2,19,20,21)/t15-/m1/s1. The fourth-order valence-corrected chi connectivity index (χ4v) is 3.73. The molecular weight excluding hydrogens is 310 g/mol. The second-order valence-corrected chi connectivity index (χ2v) is 6.98. The zero-order valence-corrected chi connectivity index (χ0v) is 13.6. The van der Waals surface area contributed by atoms with Gasteiger partial charge in [-0.3, -0.25) is 0 Å². The average Bonchev–Trinajstić information content (AvgIpc) is 3.26. The minimum absolute atomic E-state index is 0.0240. The average molecular weight is 329 g/mol. The Labute approximate surface area is 139 Å². The highest BCUT2D eigenvalue weighted by atomic mass is 32.1. The van der Waals surface area contributed by atoms with Crippen LogP contribution in [0.5, 0.6) is 5.75 Å². The van der Waals surface area contributed by atoms with Gasteiger partial charge >= 0.3 is 6.03 Å². The molecule has 4 rings (SSSR count). The first-order valence-electron chi connectivity index (χ1n) is 8.02. The van der Waals surface area contributed by atoms with E-state index in [1.54, 1.807) is 17.5 Å². The number of benzene rings is 1. The molecule has 5 nitrogen and oxygen atoms in total. The van der Waals surface area contributed by atoms with E-state index in [0.717, 1.165) is 54.3 Å². The lowest BCUT2D eigenvalue weighted by molar-refractivity contribution is 0.247. The van der Waals surface area contributed by atoms with Gasteiger partial charge in [0.1, 0.15) is 10.8 Å². The molecule has 120 valence electrons. The highest BCUT2D eigenvalue weighted by Gasteiger charge is 2.35. The highest BCUT2D eigenvalue weighted by Crippen LogP contribution is 2.41. The van der Waals surface area contributed by atoms with E-state index in [0.29, 0.717) is 5.92 Å². The largest absolute Gasteiger partial charge is 0.493 e. The van der Waals surface area contributed by atoms with Gasteiger partial charge in [-0.05, 0) is 55.4 Å². The van der Waals surface area contributed by atoms with E-state index in [2.05, 4.69) is 15.6 Å². The fraction of sp³-hybridized carbons (Fsp3) is 0.412. The third-order valence-corrected chi connectivity index (χ3v) is 5.12. The first-order chi connectivity index (χ1) is 11.3. The van der Waals surface area contributed by atoms with Gasteiger partial charge in [0, 0.05) is 17.3 Å². The number of thiazole rings is 1. The van der Waals surface area contributed by atoms with Crippen LogP contribution in [0.2, 0.25) is 0 Å². The number of aryl methyl sites for hydroxylation is 1. The molecule has 2 amide bonds. The Morgan fingerprint density at radius 1 is 1.39 bits per heavy atom. The lowest BCUT2D eigenvalue weighted by Gasteiger charge is -2.19. The molecule has 0 saturated heterocycles. The second-order valence-electron chi connectivity index (χ2n) is 6.06. The summed E-state index contributed by atoms with van der Waals surface area (Å²) in [5.74, 6) is 1.45. The Kier molecular flexibility index (Phi) is 3.91. The number of anilines is 1. The summed E-state index contributed by atoms with van der Waals surface area (Å²) < 4.78 is 5.60. The summed E-state index contributed by atoms with van der Waals surface area (Å²) in [5.41, 5.74) is 1.97. The van der Waals surface area contributed by atoms with Crippen molar-refractivity contribution in [3.63, 3.8) is 0 Å². The van der Waals surface area contributed by atoms with Crippen LogP contribution >= 0.6 is 11.3 Å². The van der Waals surface area contributed by atoms with Gasteiger partial charge in [0.25, 0.3) is 0 Å². The molecular formula is C17H19N3O2S. The molecule has 1 aromatic carbocycles. The zero-order valence-electron chi connectivity index (χ0n) is 12.7. The van der Waals surface area contributed by atoms with Crippen LogP contribution in [0.25, 0.3) is 0 Å². The molecule has 1 fully saturated rings. The predicted molar refractivity (Wildman–Crippen MR) is 90.0 cm³/mol. The molecule has 2 aliphatic rings. The van der Waals surface area contributed by atoms with Crippen molar-refractivity contribution in [2.45, 2.75) is 31.7 Å². The predicted octanol–water partition coefficient (Wildman–Crippen LogP) is 3.74. The molecule has 1 atom stereocenters. The van der Waals surface area contributed by atoms with Crippen molar-refractivity contribution in [1.82, 2.24) is 10.3 Å². The van der Waals surface area contributed by atoms with Crippen molar-refractivity contribution in [2.75, 3.05) is 11.9 Å². The van der Waals surface area contributed by atoms with Gasteiger partial charge < -0.3 is 15.4 Å². The first kappa shape index (κ1) is 14.5. The summed E-state index contributed by atoms with van der Waals surface area (Å²) in [6, 6.07) is 5.68. The highest BCUT2D eigenvalue weighted by molar-refractivity contribution is 7.09. The van der Waals surface area contributed by atoms with Gasteiger partial charge in [0.05, 0.1) is 12.6 Å². The molecule has 0 unspecified atom stereocenters. The molecule has 1 aromatic heterocycles. The van der Waals surface area contributed by atoms with Crippen LogP contribution in [0.1, 0.15) is 35.9 Å². The number of aromatic nitrogens is 1. The molecule has 1 aliphatic carbocycles. The van der Waals surface area contributed by atoms with Crippen LogP contribution in [-0.2, 0) is 6.42 Å². The number of rotatable bonds is 4. The summed E-state index contributed by atoms with van der Waals surface area (Å²) in [5, 5.41) is 8.95. The van der Waals surface area contributed by atoms with Crippen LogP contribution in [0.4, 0.5) is 10.5 Å². The SMILES string of the molecule is O=C(Nc1ccc2c(c1)CCCO2)N[C@@H](c1nccs1)C1CC1. The van der Waals surface area contributed by atoms with Crippen LogP contribution in [0.15, 0.2) is 29.8 Å². The van der Waals surface area contributed by atoms with E-state index < -0.39 is 0 Å².